The van der Waals surface area contributed by atoms with Crippen molar-refractivity contribution in [2.24, 2.45) is 5.92 Å². The van der Waals surface area contributed by atoms with E-state index < -0.39 is 0 Å². The van der Waals surface area contributed by atoms with Crippen LogP contribution in [0.3, 0.4) is 0 Å². The van der Waals surface area contributed by atoms with E-state index in [1.165, 1.54) is 29.2 Å². The van der Waals surface area contributed by atoms with Gasteiger partial charge in [0.1, 0.15) is 0 Å². The molecule has 2 aromatic rings. The van der Waals surface area contributed by atoms with Crippen LogP contribution in [0.2, 0.25) is 0 Å². The molecule has 3 rings (SSSR count). The fraction of sp³-hybridized carbons (Fsp3) is 0.400. The highest BCUT2D eigenvalue weighted by atomic mass is 32.2. The minimum Gasteiger partial charge on any atom is -0.384 e. The second kappa shape index (κ2) is 6.15. The second-order valence-corrected chi connectivity index (χ2v) is 6.12. The van der Waals surface area contributed by atoms with Crippen molar-refractivity contribution in [3.05, 3.63) is 48.3 Å². The molecule has 0 amide bonds. The van der Waals surface area contributed by atoms with Crippen LogP contribution in [0, 0.1) is 5.92 Å². The van der Waals surface area contributed by atoms with Crippen LogP contribution < -0.4 is 5.32 Å². The average Bonchev–Trinajstić information content (AvgIpc) is 3.10. The molecule has 1 aromatic heterocycles. The van der Waals surface area contributed by atoms with E-state index in [0.717, 1.165) is 19.0 Å². The van der Waals surface area contributed by atoms with E-state index in [9.17, 15) is 0 Å². The maximum Gasteiger partial charge on any atom is 0.0679 e. The zero-order valence-corrected chi connectivity index (χ0v) is 11.8. The van der Waals surface area contributed by atoms with Crippen molar-refractivity contribution in [2.45, 2.75) is 13.0 Å². The summed E-state index contributed by atoms with van der Waals surface area (Å²) in [6.07, 6.45) is 5.18. The number of nitrogens with zero attached hydrogens (tertiary/aromatic N) is 2. The summed E-state index contributed by atoms with van der Waals surface area (Å²) in [4.78, 5) is 0. The van der Waals surface area contributed by atoms with E-state index in [0.29, 0.717) is 0 Å². The van der Waals surface area contributed by atoms with Crippen LogP contribution >= 0.6 is 11.8 Å². The molecule has 1 atom stereocenters. The summed E-state index contributed by atoms with van der Waals surface area (Å²) >= 11 is 2.07. The standard InChI is InChI=1S/C15H19N3S/c1-2-5-15(16-10-13-6-9-19-12-13)14(4-1)11-18-8-3-7-17-18/h1-5,7-8,13,16H,6,9-12H2. The SMILES string of the molecule is c1ccc(NCC2CCSC2)c(Cn2cccn2)c1. The lowest BCUT2D eigenvalue weighted by Gasteiger charge is -2.15. The Bertz CT molecular complexity index is 504. The van der Waals surface area contributed by atoms with Crippen LogP contribution in [0.1, 0.15) is 12.0 Å². The molecule has 4 heteroatoms. The number of nitrogens with one attached hydrogen (secondary N) is 1. The zero-order valence-electron chi connectivity index (χ0n) is 11.0. The van der Waals surface area contributed by atoms with Crippen LogP contribution in [0.25, 0.3) is 0 Å². The van der Waals surface area contributed by atoms with Gasteiger partial charge in [0.05, 0.1) is 6.54 Å². The molecule has 100 valence electrons. The molecule has 1 saturated heterocycles. The number of benzene rings is 1. The third-order valence-corrected chi connectivity index (χ3v) is 4.75. The maximum absolute atomic E-state index is 4.28. The number of aromatic nitrogens is 2. The summed E-state index contributed by atoms with van der Waals surface area (Å²) in [5.41, 5.74) is 2.55. The first-order valence-corrected chi connectivity index (χ1v) is 7.94. The predicted molar refractivity (Wildman–Crippen MR) is 81.7 cm³/mol. The Balaban J connectivity index is 1.66. The highest BCUT2D eigenvalue weighted by Crippen LogP contribution is 2.24. The number of hydrogen-bond donors (Lipinski definition) is 1. The number of rotatable bonds is 5. The van der Waals surface area contributed by atoms with E-state index in [-0.39, 0.29) is 0 Å². The molecule has 0 radical (unpaired) electrons. The highest BCUT2D eigenvalue weighted by Gasteiger charge is 2.15. The van der Waals surface area contributed by atoms with E-state index in [1.807, 2.05) is 23.1 Å². The van der Waals surface area contributed by atoms with Gasteiger partial charge in [0.2, 0.25) is 0 Å². The molecule has 19 heavy (non-hydrogen) atoms. The fourth-order valence-corrected chi connectivity index (χ4v) is 3.68. The minimum absolute atomic E-state index is 0.822. The smallest absolute Gasteiger partial charge is 0.0679 e. The van der Waals surface area contributed by atoms with Crippen molar-refractivity contribution in [2.75, 3.05) is 23.4 Å². The van der Waals surface area contributed by atoms with Crippen LogP contribution in [0.4, 0.5) is 5.69 Å². The summed E-state index contributed by atoms with van der Waals surface area (Å²) in [6.45, 7) is 1.92. The number of para-hydroxylation sites is 1. The van der Waals surface area contributed by atoms with Gasteiger partial charge >= 0.3 is 0 Å². The van der Waals surface area contributed by atoms with Gasteiger partial charge < -0.3 is 5.32 Å². The molecular weight excluding hydrogens is 254 g/mol. The fourth-order valence-electron chi connectivity index (χ4n) is 2.40. The number of hydrogen-bond acceptors (Lipinski definition) is 3. The average molecular weight is 273 g/mol. The van der Waals surface area contributed by atoms with Crippen molar-refractivity contribution >= 4 is 17.4 Å². The summed E-state index contributed by atoms with van der Waals surface area (Å²) in [6, 6.07) is 10.5. The zero-order chi connectivity index (χ0) is 12.9. The van der Waals surface area contributed by atoms with E-state index in [1.54, 1.807) is 0 Å². The van der Waals surface area contributed by atoms with Crippen LogP contribution in [0.15, 0.2) is 42.7 Å². The Hall–Kier alpha value is -1.42. The molecule has 1 fully saturated rings. The molecule has 0 bridgehead atoms. The monoisotopic (exact) mass is 273 g/mol. The number of thioether (sulfide) groups is 1. The van der Waals surface area contributed by atoms with E-state index >= 15 is 0 Å². The summed E-state index contributed by atoms with van der Waals surface area (Å²) in [7, 11) is 0. The normalized spacial score (nSPS) is 18.6. The first-order valence-electron chi connectivity index (χ1n) is 6.79. The lowest BCUT2D eigenvalue weighted by molar-refractivity contribution is 0.630. The Morgan fingerprint density at radius 2 is 2.26 bits per heavy atom. The topological polar surface area (TPSA) is 29.9 Å². The summed E-state index contributed by atoms with van der Waals surface area (Å²) in [5.74, 6) is 3.44. The molecule has 1 aromatic carbocycles. The van der Waals surface area contributed by atoms with Crippen LogP contribution in [0.5, 0.6) is 0 Å². The van der Waals surface area contributed by atoms with E-state index in [4.69, 9.17) is 0 Å². The highest BCUT2D eigenvalue weighted by molar-refractivity contribution is 7.99. The molecule has 3 nitrogen and oxygen atoms in total. The van der Waals surface area contributed by atoms with Crippen LogP contribution in [-0.2, 0) is 6.54 Å². The Morgan fingerprint density at radius 1 is 1.32 bits per heavy atom. The first-order chi connectivity index (χ1) is 9.42. The van der Waals surface area contributed by atoms with Gasteiger partial charge in [-0.2, -0.15) is 16.9 Å². The van der Waals surface area contributed by atoms with Gasteiger partial charge in [0.15, 0.2) is 0 Å². The van der Waals surface area contributed by atoms with Gasteiger partial charge in [-0.25, -0.2) is 0 Å². The van der Waals surface area contributed by atoms with Crippen molar-refractivity contribution in [1.82, 2.24) is 9.78 Å². The van der Waals surface area contributed by atoms with Crippen LogP contribution in [-0.4, -0.2) is 27.8 Å². The van der Waals surface area contributed by atoms with Gasteiger partial charge in [-0.1, -0.05) is 18.2 Å². The maximum atomic E-state index is 4.28. The van der Waals surface area contributed by atoms with Gasteiger partial charge in [-0.3, -0.25) is 4.68 Å². The Morgan fingerprint density at radius 3 is 3.05 bits per heavy atom. The molecule has 1 unspecified atom stereocenters. The Labute approximate surface area is 118 Å². The lowest BCUT2D eigenvalue weighted by Crippen LogP contribution is -2.15. The van der Waals surface area contributed by atoms with E-state index in [2.05, 4.69) is 46.4 Å². The molecule has 0 aliphatic carbocycles. The van der Waals surface area contributed by atoms with Gasteiger partial charge in [-0.05, 0) is 41.5 Å². The second-order valence-electron chi connectivity index (χ2n) is 4.97. The molecule has 1 aliphatic rings. The molecular formula is C15H19N3S. The summed E-state index contributed by atoms with van der Waals surface area (Å²) in [5, 5.41) is 7.89. The van der Waals surface area contributed by atoms with Gasteiger partial charge in [0.25, 0.3) is 0 Å². The predicted octanol–water partition coefficient (Wildman–Crippen LogP) is 3.10. The Kier molecular flexibility index (Phi) is 4.08. The third-order valence-electron chi connectivity index (χ3n) is 3.51. The van der Waals surface area contributed by atoms with Crippen molar-refractivity contribution < 1.29 is 0 Å². The van der Waals surface area contributed by atoms with Gasteiger partial charge in [0, 0.05) is 24.6 Å². The summed E-state index contributed by atoms with van der Waals surface area (Å²) < 4.78 is 1.96. The largest absolute Gasteiger partial charge is 0.384 e. The third kappa shape index (κ3) is 3.32. The molecule has 1 N–H and O–H groups in total. The van der Waals surface area contributed by atoms with Crippen molar-refractivity contribution in [3.8, 4) is 0 Å². The molecule has 0 spiro atoms. The quantitative estimate of drug-likeness (QED) is 0.908. The minimum atomic E-state index is 0.822. The molecule has 1 aliphatic heterocycles. The van der Waals surface area contributed by atoms with Gasteiger partial charge in [-0.15, -0.1) is 0 Å². The number of anilines is 1. The van der Waals surface area contributed by atoms with Crippen molar-refractivity contribution in [3.63, 3.8) is 0 Å². The molecule has 0 saturated carbocycles. The van der Waals surface area contributed by atoms with Crippen molar-refractivity contribution in [1.29, 1.82) is 0 Å². The first kappa shape index (κ1) is 12.6. The molecule has 2 heterocycles. The lowest BCUT2D eigenvalue weighted by atomic mass is 10.1.